The first-order valence-electron chi connectivity index (χ1n) is 5.95. The van der Waals surface area contributed by atoms with Crippen molar-refractivity contribution in [2.75, 3.05) is 5.32 Å². The van der Waals surface area contributed by atoms with E-state index in [1.807, 2.05) is 61.5 Å². The summed E-state index contributed by atoms with van der Waals surface area (Å²) in [4.78, 5) is 12.0. The van der Waals surface area contributed by atoms with E-state index in [4.69, 9.17) is 0 Å². The summed E-state index contributed by atoms with van der Waals surface area (Å²) in [5.74, 6) is 0.00251. The zero-order valence-electron chi connectivity index (χ0n) is 10.6. The van der Waals surface area contributed by atoms with Crippen molar-refractivity contribution < 1.29 is 4.79 Å². The number of rotatable bonds is 4. The van der Waals surface area contributed by atoms with E-state index in [-0.39, 0.29) is 5.78 Å². The summed E-state index contributed by atoms with van der Waals surface area (Å²) < 4.78 is 1.03. The molecule has 0 bridgehead atoms. The molecule has 0 saturated carbocycles. The molecule has 0 radical (unpaired) electrons. The molecule has 1 N–H and O–H groups in total. The Morgan fingerprint density at radius 3 is 2.32 bits per heavy atom. The fraction of sp³-hybridized carbons (Fsp3) is 0.0625. The average Bonchev–Trinajstić information content (AvgIpc) is 2.42. The maximum absolute atomic E-state index is 12.0. The highest BCUT2D eigenvalue weighted by Gasteiger charge is 2.02. The van der Waals surface area contributed by atoms with Crippen LogP contribution in [0.2, 0.25) is 0 Å². The summed E-state index contributed by atoms with van der Waals surface area (Å²) in [6.07, 6.45) is 1.61. The molecule has 96 valence electrons. The molecule has 0 heterocycles. The van der Waals surface area contributed by atoms with Gasteiger partial charge in [-0.1, -0.05) is 46.3 Å². The first kappa shape index (κ1) is 13.6. The number of halogens is 1. The number of allylic oxidation sites excluding steroid dienone is 2. The lowest BCUT2D eigenvalue weighted by Gasteiger charge is -2.06. The van der Waals surface area contributed by atoms with E-state index in [2.05, 4.69) is 21.2 Å². The van der Waals surface area contributed by atoms with Crippen LogP contribution in [0.4, 0.5) is 5.69 Å². The summed E-state index contributed by atoms with van der Waals surface area (Å²) in [7, 11) is 0. The van der Waals surface area contributed by atoms with Crippen LogP contribution in [0.1, 0.15) is 17.3 Å². The SMILES string of the molecule is C/C(=C\C(=O)c1ccccc1)Nc1ccc(Br)cc1. The highest BCUT2D eigenvalue weighted by molar-refractivity contribution is 9.10. The predicted molar refractivity (Wildman–Crippen MR) is 82.3 cm³/mol. The number of hydrogen-bond acceptors (Lipinski definition) is 2. The Kier molecular flexibility index (Phi) is 4.53. The quantitative estimate of drug-likeness (QED) is 0.657. The molecule has 2 nitrogen and oxygen atoms in total. The highest BCUT2D eigenvalue weighted by atomic mass is 79.9. The third kappa shape index (κ3) is 4.07. The average molecular weight is 316 g/mol. The Balaban J connectivity index is 2.07. The molecular formula is C16H14BrNO. The van der Waals surface area contributed by atoms with Gasteiger partial charge in [0.25, 0.3) is 0 Å². The van der Waals surface area contributed by atoms with E-state index >= 15 is 0 Å². The number of carbonyl (C=O) groups excluding carboxylic acids is 1. The van der Waals surface area contributed by atoms with Crippen LogP contribution >= 0.6 is 15.9 Å². The molecule has 19 heavy (non-hydrogen) atoms. The van der Waals surface area contributed by atoms with Gasteiger partial charge < -0.3 is 5.32 Å². The van der Waals surface area contributed by atoms with E-state index < -0.39 is 0 Å². The van der Waals surface area contributed by atoms with Crippen molar-refractivity contribution in [3.63, 3.8) is 0 Å². The van der Waals surface area contributed by atoms with E-state index in [1.54, 1.807) is 6.08 Å². The van der Waals surface area contributed by atoms with Crippen LogP contribution in [0.15, 0.2) is 70.8 Å². The molecule has 0 aromatic heterocycles. The maximum atomic E-state index is 12.0. The van der Waals surface area contributed by atoms with Crippen molar-refractivity contribution in [3.8, 4) is 0 Å². The smallest absolute Gasteiger partial charge is 0.187 e. The van der Waals surface area contributed by atoms with Gasteiger partial charge in [-0.3, -0.25) is 4.79 Å². The summed E-state index contributed by atoms with van der Waals surface area (Å²) in [6.45, 7) is 1.88. The largest absolute Gasteiger partial charge is 0.359 e. The van der Waals surface area contributed by atoms with E-state index in [0.29, 0.717) is 5.56 Å². The Labute approximate surface area is 121 Å². The Hall–Kier alpha value is -1.87. The lowest BCUT2D eigenvalue weighted by atomic mass is 10.1. The second-order valence-corrected chi connectivity index (χ2v) is 5.11. The van der Waals surface area contributed by atoms with Crippen LogP contribution in [-0.4, -0.2) is 5.78 Å². The van der Waals surface area contributed by atoms with Gasteiger partial charge in [-0.2, -0.15) is 0 Å². The molecule has 0 unspecified atom stereocenters. The van der Waals surface area contributed by atoms with Crippen molar-refractivity contribution in [2.45, 2.75) is 6.92 Å². The van der Waals surface area contributed by atoms with Gasteiger partial charge >= 0.3 is 0 Å². The molecule has 0 aliphatic carbocycles. The van der Waals surface area contributed by atoms with Crippen LogP contribution in [0.5, 0.6) is 0 Å². The molecule has 2 aromatic carbocycles. The van der Waals surface area contributed by atoms with Gasteiger partial charge in [0.2, 0.25) is 0 Å². The van der Waals surface area contributed by atoms with E-state index in [1.165, 1.54) is 0 Å². The van der Waals surface area contributed by atoms with Gasteiger partial charge in [0.05, 0.1) is 0 Å². The maximum Gasteiger partial charge on any atom is 0.187 e. The molecule has 0 fully saturated rings. The minimum atomic E-state index is 0.00251. The van der Waals surface area contributed by atoms with Crippen molar-refractivity contribution >= 4 is 27.4 Å². The molecule has 0 aliphatic rings. The summed E-state index contributed by atoms with van der Waals surface area (Å²) in [6, 6.07) is 17.0. The fourth-order valence-corrected chi connectivity index (χ4v) is 1.94. The first-order valence-corrected chi connectivity index (χ1v) is 6.75. The molecule has 2 rings (SSSR count). The number of benzene rings is 2. The predicted octanol–water partition coefficient (Wildman–Crippen LogP) is 4.65. The molecule has 0 atom stereocenters. The molecule has 0 spiro atoms. The van der Waals surface area contributed by atoms with E-state index in [0.717, 1.165) is 15.9 Å². The van der Waals surface area contributed by atoms with E-state index in [9.17, 15) is 4.79 Å². The Morgan fingerprint density at radius 2 is 1.68 bits per heavy atom. The van der Waals surface area contributed by atoms with Crippen LogP contribution in [0, 0.1) is 0 Å². The van der Waals surface area contributed by atoms with Gasteiger partial charge in [0, 0.05) is 27.5 Å². The van der Waals surface area contributed by atoms with Crippen molar-refractivity contribution in [2.24, 2.45) is 0 Å². The minimum absolute atomic E-state index is 0.00251. The number of hydrogen-bond donors (Lipinski definition) is 1. The van der Waals surface area contributed by atoms with Gasteiger partial charge in [-0.15, -0.1) is 0 Å². The second-order valence-electron chi connectivity index (χ2n) is 4.19. The molecular weight excluding hydrogens is 302 g/mol. The number of carbonyl (C=O) groups is 1. The topological polar surface area (TPSA) is 29.1 Å². The molecule has 3 heteroatoms. The monoisotopic (exact) mass is 315 g/mol. The zero-order chi connectivity index (χ0) is 13.7. The second kappa shape index (κ2) is 6.34. The third-order valence-electron chi connectivity index (χ3n) is 2.59. The molecule has 2 aromatic rings. The number of anilines is 1. The van der Waals surface area contributed by atoms with Crippen LogP contribution in [0.25, 0.3) is 0 Å². The van der Waals surface area contributed by atoms with Gasteiger partial charge in [0.1, 0.15) is 0 Å². The standard InChI is InChI=1S/C16H14BrNO/c1-12(18-15-9-7-14(17)8-10-15)11-16(19)13-5-3-2-4-6-13/h2-11,18H,1H3/b12-11+. The van der Waals surface area contributed by atoms with Crippen LogP contribution in [0.3, 0.4) is 0 Å². The molecule has 0 amide bonds. The van der Waals surface area contributed by atoms with Crippen molar-refractivity contribution in [1.82, 2.24) is 0 Å². The lowest BCUT2D eigenvalue weighted by molar-refractivity contribution is 0.104. The van der Waals surface area contributed by atoms with Crippen LogP contribution in [-0.2, 0) is 0 Å². The first-order chi connectivity index (χ1) is 9.15. The van der Waals surface area contributed by atoms with Gasteiger partial charge in [-0.25, -0.2) is 0 Å². The third-order valence-corrected chi connectivity index (χ3v) is 3.12. The normalized spacial score (nSPS) is 11.2. The van der Waals surface area contributed by atoms with Gasteiger partial charge in [-0.05, 0) is 31.2 Å². The Bertz CT molecular complexity index is 588. The fourth-order valence-electron chi connectivity index (χ4n) is 1.68. The van der Waals surface area contributed by atoms with Gasteiger partial charge in [0.15, 0.2) is 5.78 Å². The Morgan fingerprint density at radius 1 is 1.05 bits per heavy atom. The highest BCUT2D eigenvalue weighted by Crippen LogP contribution is 2.15. The summed E-state index contributed by atoms with van der Waals surface area (Å²) in [5, 5.41) is 3.19. The number of ketones is 1. The minimum Gasteiger partial charge on any atom is -0.359 e. The van der Waals surface area contributed by atoms with Crippen LogP contribution < -0.4 is 5.32 Å². The summed E-state index contributed by atoms with van der Waals surface area (Å²) >= 11 is 3.39. The summed E-state index contributed by atoms with van der Waals surface area (Å²) in [5.41, 5.74) is 2.47. The lowest BCUT2D eigenvalue weighted by Crippen LogP contribution is -2.01. The molecule has 0 saturated heterocycles. The number of nitrogens with one attached hydrogen (secondary N) is 1. The van der Waals surface area contributed by atoms with Crippen molar-refractivity contribution in [1.29, 1.82) is 0 Å². The zero-order valence-corrected chi connectivity index (χ0v) is 12.1. The molecule has 0 aliphatic heterocycles. The van der Waals surface area contributed by atoms with Crippen molar-refractivity contribution in [3.05, 3.63) is 76.4 Å².